The fourth-order valence-electron chi connectivity index (χ4n) is 8.79. The highest BCUT2D eigenvalue weighted by Gasteiger charge is 2.24. The number of benzene rings is 8. The van der Waals surface area contributed by atoms with Gasteiger partial charge in [0.1, 0.15) is 23.3 Å². The average molecular weight is 845 g/mol. The van der Waals surface area contributed by atoms with Crippen molar-refractivity contribution in [1.29, 1.82) is 0 Å². The number of halogens is 4. The van der Waals surface area contributed by atoms with Gasteiger partial charge in [-0.05, 0) is 191 Å². The maximum Gasteiger partial charge on any atom is 0.126 e. The smallest absolute Gasteiger partial charge is 0.126 e. The summed E-state index contributed by atoms with van der Waals surface area (Å²) >= 11 is 0. The van der Waals surface area contributed by atoms with Crippen molar-refractivity contribution in [3.8, 4) is 22.3 Å². The van der Waals surface area contributed by atoms with E-state index in [1.807, 2.05) is 85.1 Å². The summed E-state index contributed by atoms with van der Waals surface area (Å²) in [4.78, 5) is 13.4. The van der Waals surface area contributed by atoms with Gasteiger partial charge in [-0.2, -0.15) is 0 Å². The van der Waals surface area contributed by atoms with Gasteiger partial charge in [0.15, 0.2) is 0 Å². The van der Waals surface area contributed by atoms with Crippen LogP contribution in [0.4, 0.5) is 51.7 Å². The van der Waals surface area contributed by atoms with Crippen LogP contribution in [0.2, 0.25) is 0 Å². The van der Waals surface area contributed by atoms with E-state index in [-0.39, 0.29) is 0 Å². The van der Waals surface area contributed by atoms with Gasteiger partial charge in [-0.15, -0.1) is 0 Å². The zero-order chi connectivity index (χ0) is 44.2. The summed E-state index contributed by atoms with van der Waals surface area (Å²) in [5, 5.41) is 3.42. The predicted molar refractivity (Wildman–Crippen MR) is 254 cm³/mol. The van der Waals surface area contributed by atoms with Crippen LogP contribution in [0.5, 0.6) is 0 Å². The van der Waals surface area contributed by atoms with Crippen LogP contribution in [0.1, 0.15) is 22.3 Å². The molecule has 0 saturated carbocycles. The molecule has 10 rings (SSSR count). The van der Waals surface area contributed by atoms with E-state index in [1.165, 1.54) is 24.3 Å². The Morgan fingerprint density at radius 1 is 0.375 bits per heavy atom. The minimum absolute atomic E-state index is 0.303. The summed E-state index contributed by atoms with van der Waals surface area (Å²) in [6.45, 7) is 8.24. The molecule has 0 radical (unpaired) electrons. The summed E-state index contributed by atoms with van der Waals surface area (Å²) in [6.07, 6.45) is 5.32. The number of hydrogen-bond donors (Lipinski definition) is 0. The number of para-hydroxylation sites is 1. The van der Waals surface area contributed by atoms with Crippen LogP contribution in [-0.4, -0.2) is 9.97 Å². The lowest BCUT2D eigenvalue weighted by Gasteiger charge is -2.28. The second kappa shape index (κ2) is 16.1. The zero-order valence-electron chi connectivity index (χ0n) is 35.5. The van der Waals surface area contributed by atoms with Crippen LogP contribution in [0.3, 0.4) is 0 Å². The van der Waals surface area contributed by atoms with Crippen molar-refractivity contribution in [3.05, 3.63) is 216 Å². The summed E-state index contributed by atoms with van der Waals surface area (Å²) < 4.78 is 61.8. The van der Waals surface area contributed by atoms with Crippen LogP contribution in [0.15, 0.2) is 170 Å². The molecule has 0 atom stereocenters. The van der Waals surface area contributed by atoms with Gasteiger partial charge in [0, 0.05) is 46.5 Å². The molecule has 8 aromatic carbocycles. The van der Waals surface area contributed by atoms with Gasteiger partial charge in [0.05, 0.1) is 29.3 Å². The van der Waals surface area contributed by atoms with Gasteiger partial charge in [-0.3, -0.25) is 9.97 Å². The molecule has 312 valence electrons. The number of anilines is 6. The molecule has 0 aliphatic rings. The standard InChI is InChI=1S/C56H40F4N4/c1-33-11-13-44(20-35(33)3)63(48-9-7-19-61-31-48)46-15-17-50-52(29-46)55(38-22-40(57)27-41(58)23-38)51-18-16-47(30-53(51)56(50)39-24-42(59)28-43(60)25-39)64(45-14-12-34(2)36(4)21-45)49-26-37-8-5-6-10-54(37)62-32-49/h5-32H,1-4H3. The Morgan fingerprint density at radius 2 is 0.859 bits per heavy atom. The lowest BCUT2D eigenvalue weighted by atomic mass is 9.85. The number of pyridine rings is 2. The second-order valence-electron chi connectivity index (χ2n) is 16.3. The molecular formula is C56H40F4N4. The maximum atomic E-state index is 15.5. The van der Waals surface area contributed by atoms with E-state index in [0.717, 1.165) is 79.4 Å². The number of fused-ring (bicyclic) bond motifs is 3. The molecule has 0 fully saturated rings. The lowest BCUT2D eigenvalue weighted by molar-refractivity contribution is 0.583. The summed E-state index contributed by atoms with van der Waals surface area (Å²) in [7, 11) is 0. The molecule has 4 nitrogen and oxygen atoms in total. The first kappa shape index (κ1) is 40.2. The topological polar surface area (TPSA) is 32.3 Å². The van der Waals surface area contributed by atoms with Crippen LogP contribution in [-0.2, 0) is 0 Å². The van der Waals surface area contributed by atoms with Gasteiger partial charge < -0.3 is 9.80 Å². The Bertz CT molecular complexity index is 3420. The molecule has 0 aliphatic carbocycles. The van der Waals surface area contributed by atoms with Gasteiger partial charge >= 0.3 is 0 Å². The molecule has 64 heavy (non-hydrogen) atoms. The monoisotopic (exact) mass is 844 g/mol. The first-order valence-corrected chi connectivity index (χ1v) is 20.9. The Labute approximate surface area is 368 Å². The molecule has 0 bridgehead atoms. The van der Waals surface area contributed by atoms with E-state index in [2.05, 4.69) is 78.9 Å². The third kappa shape index (κ3) is 7.36. The Balaban J connectivity index is 1.32. The zero-order valence-corrected chi connectivity index (χ0v) is 35.5. The van der Waals surface area contributed by atoms with E-state index in [1.54, 1.807) is 12.4 Å². The third-order valence-electron chi connectivity index (χ3n) is 12.1. The van der Waals surface area contributed by atoms with Gasteiger partial charge in [-0.25, -0.2) is 17.6 Å². The van der Waals surface area contributed by atoms with Crippen molar-refractivity contribution in [3.63, 3.8) is 0 Å². The van der Waals surface area contributed by atoms with Gasteiger partial charge in [0.25, 0.3) is 0 Å². The quantitative estimate of drug-likeness (QED) is 0.113. The van der Waals surface area contributed by atoms with Crippen molar-refractivity contribution in [1.82, 2.24) is 9.97 Å². The SMILES string of the molecule is Cc1ccc(N(c2cccnc2)c2ccc3c(-c4cc(F)cc(F)c4)c4cc(N(c5ccc(C)c(C)c5)c5cnc6ccccc6c5)ccc4c(-c4cc(F)cc(F)c4)c3c2)cc1C. The molecule has 0 spiro atoms. The molecule has 2 aromatic heterocycles. The molecule has 0 amide bonds. The minimum atomic E-state index is -0.739. The van der Waals surface area contributed by atoms with Crippen LogP contribution in [0, 0.1) is 51.0 Å². The Hall–Kier alpha value is -7.84. The number of rotatable bonds is 8. The second-order valence-corrected chi connectivity index (χ2v) is 16.3. The van der Waals surface area contributed by atoms with Crippen molar-refractivity contribution < 1.29 is 17.6 Å². The fraction of sp³-hybridized carbons (Fsp3) is 0.0714. The number of aryl methyl sites for hydroxylation is 4. The van der Waals surface area contributed by atoms with Crippen LogP contribution < -0.4 is 9.80 Å². The lowest BCUT2D eigenvalue weighted by Crippen LogP contribution is -2.11. The highest BCUT2D eigenvalue weighted by molar-refractivity contribution is 6.22. The molecule has 0 N–H and O–H groups in total. The summed E-state index contributed by atoms with van der Waals surface area (Å²) in [6, 6.07) is 45.0. The van der Waals surface area contributed by atoms with Crippen molar-refractivity contribution in [2.45, 2.75) is 27.7 Å². The molecular weight excluding hydrogens is 805 g/mol. The number of aromatic nitrogens is 2. The summed E-state index contributed by atoms with van der Waals surface area (Å²) in [5.41, 5.74) is 11.8. The largest absolute Gasteiger partial charge is 0.309 e. The van der Waals surface area contributed by atoms with E-state index >= 15 is 17.6 Å². The van der Waals surface area contributed by atoms with Crippen LogP contribution >= 0.6 is 0 Å². The average Bonchev–Trinajstić information content (AvgIpc) is 3.27. The Morgan fingerprint density at radius 3 is 1.36 bits per heavy atom. The normalized spacial score (nSPS) is 11.4. The predicted octanol–water partition coefficient (Wildman–Crippen LogP) is 16.0. The summed E-state index contributed by atoms with van der Waals surface area (Å²) in [5.74, 6) is -2.96. The molecule has 8 heteroatoms. The number of hydrogen-bond acceptors (Lipinski definition) is 4. The van der Waals surface area contributed by atoms with Gasteiger partial charge in [0.2, 0.25) is 0 Å². The highest BCUT2D eigenvalue weighted by atomic mass is 19.1. The highest BCUT2D eigenvalue weighted by Crippen LogP contribution is 2.49. The van der Waals surface area contributed by atoms with Gasteiger partial charge in [-0.1, -0.05) is 42.5 Å². The third-order valence-corrected chi connectivity index (χ3v) is 12.1. The minimum Gasteiger partial charge on any atom is -0.309 e. The van der Waals surface area contributed by atoms with E-state index in [4.69, 9.17) is 4.98 Å². The van der Waals surface area contributed by atoms with Crippen molar-refractivity contribution >= 4 is 66.6 Å². The molecule has 0 saturated heterocycles. The Kier molecular flexibility index (Phi) is 10.1. The molecule has 2 heterocycles. The van der Waals surface area contributed by atoms with Crippen LogP contribution in [0.25, 0.3) is 54.7 Å². The molecule has 0 aliphatic heterocycles. The number of nitrogens with zero attached hydrogens (tertiary/aromatic N) is 4. The van der Waals surface area contributed by atoms with Crippen molar-refractivity contribution in [2.75, 3.05) is 9.80 Å². The van der Waals surface area contributed by atoms with E-state index in [0.29, 0.717) is 43.8 Å². The molecule has 10 aromatic rings. The first-order chi connectivity index (χ1) is 31.0. The maximum absolute atomic E-state index is 15.5. The first-order valence-electron chi connectivity index (χ1n) is 20.9. The fourth-order valence-corrected chi connectivity index (χ4v) is 8.79. The van der Waals surface area contributed by atoms with E-state index in [9.17, 15) is 0 Å². The van der Waals surface area contributed by atoms with E-state index < -0.39 is 23.3 Å². The van der Waals surface area contributed by atoms with Crippen molar-refractivity contribution in [2.24, 2.45) is 0 Å². The molecule has 0 unspecified atom stereocenters.